The first-order valence-electron chi connectivity index (χ1n) is 8.09. The molecule has 0 unspecified atom stereocenters. The number of aromatic nitrogens is 1. The summed E-state index contributed by atoms with van der Waals surface area (Å²) >= 11 is 0. The van der Waals surface area contributed by atoms with Gasteiger partial charge < -0.3 is 10.2 Å². The second-order valence-electron chi connectivity index (χ2n) is 6.25. The van der Waals surface area contributed by atoms with E-state index >= 15 is 0 Å². The van der Waals surface area contributed by atoms with Gasteiger partial charge in [0.1, 0.15) is 5.82 Å². The Morgan fingerprint density at radius 2 is 2.09 bits per heavy atom. The Morgan fingerprint density at radius 3 is 2.78 bits per heavy atom. The van der Waals surface area contributed by atoms with Crippen molar-refractivity contribution in [2.24, 2.45) is 5.92 Å². The Kier molecular flexibility index (Phi) is 4.46. The largest absolute Gasteiger partial charge is 0.371 e. The lowest BCUT2D eigenvalue weighted by Crippen LogP contribution is -2.35. The number of benzene rings is 1. The van der Waals surface area contributed by atoms with Crippen LogP contribution in [-0.4, -0.2) is 31.0 Å². The van der Waals surface area contributed by atoms with E-state index in [2.05, 4.69) is 15.2 Å². The van der Waals surface area contributed by atoms with Crippen molar-refractivity contribution in [3.05, 3.63) is 35.8 Å². The lowest BCUT2D eigenvalue weighted by atomic mass is 9.92. The number of hydrogen-bond acceptors (Lipinski definition) is 3. The van der Waals surface area contributed by atoms with Crippen molar-refractivity contribution in [2.75, 3.05) is 25.0 Å². The first-order chi connectivity index (χ1) is 11.1. The van der Waals surface area contributed by atoms with Gasteiger partial charge in [0.15, 0.2) is 0 Å². The molecule has 5 heteroatoms. The number of carbonyl (C=O) groups is 1. The summed E-state index contributed by atoms with van der Waals surface area (Å²) in [6, 6.07) is 6.78. The van der Waals surface area contributed by atoms with E-state index in [1.54, 1.807) is 19.2 Å². The van der Waals surface area contributed by atoms with Crippen LogP contribution in [0.4, 0.5) is 10.1 Å². The molecule has 3 rings (SSSR count). The van der Waals surface area contributed by atoms with Gasteiger partial charge in [-0.2, -0.15) is 0 Å². The number of pyridine rings is 1. The van der Waals surface area contributed by atoms with E-state index < -0.39 is 0 Å². The average molecular weight is 315 g/mol. The fraction of sp³-hybridized carbons (Fsp3) is 0.444. The first-order valence-corrected chi connectivity index (χ1v) is 8.09. The van der Waals surface area contributed by atoms with E-state index in [4.69, 9.17) is 0 Å². The maximum Gasteiger partial charge on any atom is 0.220 e. The van der Waals surface area contributed by atoms with E-state index in [-0.39, 0.29) is 11.7 Å². The van der Waals surface area contributed by atoms with Crippen molar-refractivity contribution in [1.29, 1.82) is 0 Å². The van der Waals surface area contributed by atoms with Gasteiger partial charge in [0, 0.05) is 43.3 Å². The summed E-state index contributed by atoms with van der Waals surface area (Å²) in [4.78, 5) is 18.3. The minimum atomic E-state index is -0.237. The number of halogens is 1. The minimum Gasteiger partial charge on any atom is -0.371 e. The van der Waals surface area contributed by atoms with E-state index in [0.29, 0.717) is 12.3 Å². The molecule has 1 aromatic carbocycles. The molecule has 1 aliphatic heterocycles. The lowest BCUT2D eigenvalue weighted by Gasteiger charge is -2.34. The molecule has 1 fully saturated rings. The number of anilines is 1. The van der Waals surface area contributed by atoms with Gasteiger partial charge in [-0.1, -0.05) is 0 Å². The topological polar surface area (TPSA) is 45.2 Å². The van der Waals surface area contributed by atoms with Gasteiger partial charge in [0.05, 0.1) is 5.52 Å². The van der Waals surface area contributed by atoms with Crippen LogP contribution >= 0.6 is 0 Å². The molecule has 1 aliphatic rings. The van der Waals surface area contributed by atoms with Gasteiger partial charge >= 0.3 is 0 Å². The van der Waals surface area contributed by atoms with Crippen LogP contribution in [-0.2, 0) is 4.79 Å². The van der Waals surface area contributed by atoms with Gasteiger partial charge in [0.25, 0.3) is 0 Å². The molecule has 0 bridgehead atoms. The van der Waals surface area contributed by atoms with Crippen LogP contribution in [0, 0.1) is 18.7 Å². The zero-order valence-corrected chi connectivity index (χ0v) is 13.6. The first kappa shape index (κ1) is 15.7. The Balaban J connectivity index is 1.82. The fourth-order valence-corrected chi connectivity index (χ4v) is 3.31. The van der Waals surface area contributed by atoms with Crippen LogP contribution in [0.1, 0.15) is 25.0 Å². The Bertz CT molecular complexity index is 724. The van der Waals surface area contributed by atoms with Crippen LogP contribution in [0.15, 0.2) is 24.3 Å². The van der Waals surface area contributed by atoms with Gasteiger partial charge in [-0.25, -0.2) is 4.39 Å². The molecule has 0 atom stereocenters. The number of nitrogens with one attached hydrogen (secondary N) is 1. The number of amides is 1. The smallest absolute Gasteiger partial charge is 0.220 e. The molecule has 2 aromatic rings. The maximum absolute atomic E-state index is 13.6. The van der Waals surface area contributed by atoms with Gasteiger partial charge in [-0.3, -0.25) is 9.78 Å². The van der Waals surface area contributed by atoms with Crippen LogP contribution in [0.5, 0.6) is 0 Å². The van der Waals surface area contributed by atoms with Crippen LogP contribution in [0.2, 0.25) is 0 Å². The molecule has 1 saturated heterocycles. The van der Waals surface area contributed by atoms with Crippen LogP contribution in [0.25, 0.3) is 10.9 Å². The third-order valence-electron chi connectivity index (χ3n) is 4.59. The summed E-state index contributed by atoms with van der Waals surface area (Å²) in [6.07, 6.45) is 2.55. The predicted octanol–water partition coefficient (Wildman–Crippen LogP) is 3.03. The number of carbonyl (C=O) groups excluding carboxylic acids is 1. The minimum absolute atomic E-state index is 0.107. The zero-order valence-electron chi connectivity index (χ0n) is 13.6. The van der Waals surface area contributed by atoms with E-state index in [1.165, 1.54) is 6.07 Å². The molecule has 1 amide bonds. The Labute approximate surface area is 135 Å². The van der Waals surface area contributed by atoms with Gasteiger partial charge in [0.2, 0.25) is 5.91 Å². The van der Waals surface area contributed by atoms with Crippen LogP contribution < -0.4 is 10.2 Å². The van der Waals surface area contributed by atoms with Gasteiger partial charge in [-0.05, 0) is 49.9 Å². The zero-order chi connectivity index (χ0) is 16.4. The number of hydrogen-bond donors (Lipinski definition) is 1. The summed E-state index contributed by atoms with van der Waals surface area (Å²) in [6.45, 7) is 3.73. The maximum atomic E-state index is 13.6. The molecular weight excluding hydrogens is 293 g/mol. The molecule has 1 aromatic heterocycles. The summed E-state index contributed by atoms with van der Waals surface area (Å²) < 4.78 is 13.6. The molecule has 0 radical (unpaired) electrons. The van der Waals surface area contributed by atoms with E-state index in [9.17, 15) is 9.18 Å². The van der Waals surface area contributed by atoms with Crippen molar-refractivity contribution < 1.29 is 9.18 Å². The quantitative estimate of drug-likeness (QED) is 0.947. The highest BCUT2D eigenvalue weighted by Crippen LogP contribution is 2.31. The second kappa shape index (κ2) is 6.52. The summed E-state index contributed by atoms with van der Waals surface area (Å²) in [5.74, 6) is 0.298. The summed E-state index contributed by atoms with van der Waals surface area (Å²) in [5, 5.41) is 3.55. The lowest BCUT2D eigenvalue weighted by molar-refractivity contribution is -0.121. The highest BCUT2D eigenvalue weighted by molar-refractivity contribution is 5.92. The monoisotopic (exact) mass is 315 g/mol. The van der Waals surface area contributed by atoms with Crippen molar-refractivity contribution in [3.63, 3.8) is 0 Å². The molecule has 4 nitrogen and oxygen atoms in total. The fourth-order valence-electron chi connectivity index (χ4n) is 3.31. The SMILES string of the molecule is CNC(=O)CC1CCN(c2cc(C)nc3ccc(F)cc23)CC1. The number of rotatable bonds is 3. The highest BCUT2D eigenvalue weighted by atomic mass is 19.1. The number of piperidine rings is 1. The van der Waals surface area contributed by atoms with Gasteiger partial charge in [-0.15, -0.1) is 0 Å². The molecule has 0 aliphatic carbocycles. The molecule has 0 saturated carbocycles. The summed E-state index contributed by atoms with van der Waals surface area (Å²) in [7, 11) is 1.68. The molecule has 2 heterocycles. The Hall–Kier alpha value is -2.17. The number of fused-ring (bicyclic) bond motifs is 1. The molecule has 23 heavy (non-hydrogen) atoms. The molecular formula is C18H22FN3O. The predicted molar refractivity (Wildman–Crippen MR) is 90.1 cm³/mol. The molecule has 122 valence electrons. The Morgan fingerprint density at radius 1 is 1.35 bits per heavy atom. The highest BCUT2D eigenvalue weighted by Gasteiger charge is 2.22. The third-order valence-corrected chi connectivity index (χ3v) is 4.59. The normalized spacial score (nSPS) is 15.9. The second-order valence-corrected chi connectivity index (χ2v) is 6.25. The molecule has 0 spiro atoms. The van der Waals surface area contributed by atoms with E-state index in [1.807, 2.05) is 13.0 Å². The molecule has 1 N–H and O–H groups in total. The third kappa shape index (κ3) is 3.44. The van der Waals surface area contributed by atoms with E-state index in [0.717, 1.165) is 48.2 Å². The van der Waals surface area contributed by atoms with Crippen molar-refractivity contribution in [2.45, 2.75) is 26.2 Å². The van der Waals surface area contributed by atoms with Crippen molar-refractivity contribution in [3.8, 4) is 0 Å². The standard InChI is InChI=1S/C18H22FN3O/c1-12-9-17(15-11-14(19)3-4-16(15)21-12)22-7-5-13(6-8-22)10-18(23)20-2/h3-4,9,11,13H,5-8,10H2,1-2H3,(H,20,23). The average Bonchev–Trinajstić information content (AvgIpc) is 2.55. The number of aryl methyl sites for hydroxylation is 1. The number of nitrogens with zero attached hydrogens (tertiary/aromatic N) is 2. The van der Waals surface area contributed by atoms with Crippen LogP contribution in [0.3, 0.4) is 0 Å². The van der Waals surface area contributed by atoms with Crippen molar-refractivity contribution >= 4 is 22.5 Å². The van der Waals surface area contributed by atoms with Crippen molar-refractivity contribution in [1.82, 2.24) is 10.3 Å². The summed E-state index contributed by atoms with van der Waals surface area (Å²) in [5.41, 5.74) is 2.81.